The molecule has 2 atom stereocenters. The second-order valence-corrected chi connectivity index (χ2v) is 4.93. The van der Waals surface area contributed by atoms with Crippen molar-refractivity contribution in [2.24, 2.45) is 11.7 Å². The topological polar surface area (TPSA) is 55.1 Å². The summed E-state index contributed by atoms with van der Waals surface area (Å²) >= 11 is 0. The lowest BCUT2D eigenvalue weighted by Crippen LogP contribution is -2.34. The Morgan fingerprint density at radius 2 is 2.06 bits per heavy atom. The molecule has 0 aliphatic heterocycles. The largest absolute Gasteiger partial charge is 0.328 e. The van der Waals surface area contributed by atoms with E-state index in [1.54, 1.807) is 0 Å². The minimum absolute atomic E-state index is 0. The van der Waals surface area contributed by atoms with E-state index in [9.17, 15) is 4.79 Å². The number of carbonyl (C=O) groups is 1. The summed E-state index contributed by atoms with van der Waals surface area (Å²) in [5.41, 5.74) is 7.92. The summed E-state index contributed by atoms with van der Waals surface area (Å²) in [5.74, 6) is 0.202. The third kappa shape index (κ3) is 3.72. The van der Waals surface area contributed by atoms with Gasteiger partial charge in [-0.05, 0) is 37.8 Å². The lowest BCUT2D eigenvalue weighted by atomic mass is 9.85. The molecule has 18 heavy (non-hydrogen) atoms. The molecule has 3 N–H and O–H groups in total. The highest BCUT2D eigenvalue weighted by molar-refractivity contribution is 5.93. The van der Waals surface area contributed by atoms with Crippen molar-refractivity contribution in [1.29, 1.82) is 0 Å². The molecule has 100 valence electrons. The van der Waals surface area contributed by atoms with Crippen LogP contribution in [-0.4, -0.2) is 11.9 Å². The Morgan fingerprint density at radius 3 is 2.72 bits per heavy atom. The number of aryl methyl sites for hydroxylation is 1. The maximum Gasteiger partial charge on any atom is 0.227 e. The van der Waals surface area contributed by atoms with Gasteiger partial charge < -0.3 is 11.1 Å². The van der Waals surface area contributed by atoms with E-state index < -0.39 is 0 Å². The molecular weight excluding hydrogens is 248 g/mol. The van der Waals surface area contributed by atoms with Crippen molar-refractivity contribution in [3.05, 3.63) is 29.8 Å². The van der Waals surface area contributed by atoms with Crippen LogP contribution >= 0.6 is 12.4 Å². The molecule has 0 heterocycles. The van der Waals surface area contributed by atoms with Gasteiger partial charge in [0.2, 0.25) is 5.91 Å². The summed E-state index contributed by atoms with van der Waals surface area (Å²) in [6, 6.07) is 8.05. The van der Waals surface area contributed by atoms with Crippen molar-refractivity contribution in [2.45, 2.75) is 38.6 Å². The zero-order chi connectivity index (χ0) is 12.3. The van der Waals surface area contributed by atoms with E-state index in [2.05, 4.69) is 5.32 Å². The van der Waals surface area contributed by atoms with Gasteiger partial charge in [-0.2, -0.15) is 0 Å². The number of nitrogens with one attached hydrogen (secondary N) is 1. The third-order valence-electron chi connectivity index (χ3n) is 3.49. The van der Waals surface area contributed by atoms with Gasteiger partial charge in [0.05, 0.1) is 0 Å². The van der Waals surface area contributed by atoms with E-state index in [4.69, 9.17) is 5.73 Å². The number of para-hydroxylation sites is 1. The van der Waals surface area contributed by atoms with Crippen LogP contribution in [0, 0.1) is 12.8 Å². The molecule has 3 nitrogen and oxygen atoms in total. The predicted molar refractivity (Wildman–Crippen MR) is 77.0 cm³/mol. The first-order chi connectivity index (χ1) is 8.16. The molecule has 1 aromatic carbocycles. The second-order valence-electron chi connectivity index (χ2n) is 4.93. The number of carbonyl (C=O) groups excluding carboxylic acids is 1. The quantitative estimate of drug-likeness (QED) is 0.867. The number of nitrogens with two attached hydrogens (primary N) is 1. The molecule has 1 aliphatic rings. The first-order valence-electron chi connectivity index (χ1n) is 6.29. The number of anilines is 1. The molecule has 2 unspecified atom stereocenters. The molecule has 0 aromatic heterocycles. The fourth-order valence-corrected chi connectivity index (χ4v) is 2.41. The van der Waals surface area contributed by atoms with Gasteiger partial charge >= 0.3 is 0 Å². The van der Waals surface area contributed by atoms with E-state index in [-0.39, 0.29) is 30.3 Å². The summed E-state index contributed by atoms with van der Waals surface area (Å²) in [4.78, 5) is 12.1. The number of hydrogen-bond acceptors (Lipinski definition) is 2. The minimum atomic E-state index is 0. The van der Waals surface area contributed by atoms with Crippen molar-refractivity contribution < 1.29 is 4.79 Å². The number of rotatable bonds is 2. The Hall–Kier alpha value is -1.06. The molecule has 1 aromatic rings. The van der Waals surface area contributed by atoms with E-state index in [1.807, 2.05) is 31.2 Å². The zero-order valence-corrected chi connectivity index (χ0v) is 11.5. The van der Waals surface area contributed by atoms with Gasteiger partial charge in [0.15, 0.2) is 0 Å². The van der Waals surface area contributed by atoms with Crippen LogP contribution < -0.4 is 11.1 Å². The van der Waals surface area contributed by atoms with Crippen LogP contribution in [0.2, 0.25) is 0 Å². The van der Waals surface area contributed by atoms with Crippen molar-refractivity contribution >= 4 is 24.0 Å². The van der Waals surface area contributed by atoms with Crippen LogP contribution in [0.25, 0.3) is 0 Å². The molecule has 4 heteroatoms. The van der Waals surface area contributed by atoms with Gasteiger partial charge in [-0.15, -0.1) is 12.4 Å². The zero-order valence-electron chi connectivity index (χ0n) is 10.7. The first kappa shape index (κ1) is 15.0. The predicted octanol–water partition coefficient (Wildman–Crippen LogP) is 2.87. The fraction of sp³-hybridized carbons (Fsp3) is 0.500. The molecule has 1 aliphatic carbocycles. The van der Waals surface area contributed by atoms with E-state index in [0.717, 1.165) is 36.9 Å². The highest BCUT2D eigenvalue weighted by atomic mass is 35.5. The highest BCUT2D eigenvalue weighted by Gasteiger charge is 2.25. The lowest BCUT2D eigenvalue weighted by Gasteiger charge is -2.25. The smallest absolute Gasteiger partial charge is 0.227 e. The number of hydrogen-bond donors (Lipinski definition) is 2. The monoisotopic (exact) mass is 268 g/mol. The molecule has 1 fully saturated rings. The van der Waals surface area contributed by atoms with Gasteiger partial charge in [0.1, 0.15) is 0 Å². The summed E-state index contributed by atoms with van der Waals surface area (Å²) in [6.07, 6.45) is 3.89. The van der Waals surface area contributed by atoms with Gasteiger partial charge in [0.25, 0.3) is 0 Å². The number of benzene rings is 1. The Morgan fingerprint density at radius 1 is 1.33 bits per heavy atom. The average molecular weight is 269 g/mol. The van der Waals surface area contributed by atoms with Crippen LogP contribution in [0.1, 0.15) is 31.2 Å². The molecule has 2 rings (SSSR count). The molecule has 1 saturated carbocycles. The normalized spacial score (nSPS) is 23.0. The van der Waals surface area contributed by atoms with Crippen molar-refractivity contribution in [3.63, 3.8) is 0 Å². The van der Waals surface area contributed by atoms with Crippen LogP contribution in [0.5, 0.6) is 0 Å². The standard InChI is InChI=1S/C14H20N2O.ClH/c1-10-5-2-3-8-13(10)16-14(17)11-6-4-7-12(15)9-11;/h2-3,5,8,11-12H,4,6-7,9,15H2,1H3,(H,16,17);1H. The Balaban J connectivity index is 0.00000162. The molecule has 0 saturated heterocycles. The number of halogens is 1. The molecule has 1 amide bonds. The molecule has 0 radical (unpaired) electrons. The highest BCUT2D eigenvalue weighted by Crippen LogP contribution is 2.25. The second kappa shape index (κ2) is 6.76. The van der Waals surface area contributed by atoms with Crippen molar-refractivity contribution in [2.75, 3.05) is 5.32 Å². The van der Waals surface area contributed by atoms with Crippen LogP contribution in [-0.2, 0) is 4.79 Å². The Bertz CT molecular complexity index is 409. The van der Waals surface area contributed by atoms with Gasteiger partial charge in [-0.25, -0.2) is 0 Å². The Labute approximate surface area is 115 Å². The summed E-state index contributed by atoms with van der Waals surface area (Å²) in [6.45, 7) is 2.00. The fourth-order valence-electron chi connectivity index (χ4n) is 2.41. The van der Waals surface area contributed by atoms with E-state index in [0.29, 0.717) is 0 Å². The molecule has 0 bridgehead atoms. The summed E-state index contributed by atoms with van der Waals surface area (Å²) in [7, 11) is 0. The average Bonchev–Trinajstić information content (AvgIpc) is 2.32. The lowest BCUT2D eigenvalue weighted by molar-refractivity contribution is -0.120. The van der Waals surface area contributed by atoms with Crippen LogP contribution in [0.3, 0.4) is 0 Å². The van der Waals surface area contributed by atoms with Gasteiger partial charge in [-0.1, -0.05) is 24.6 Å². The molecular formula is C14H21ClN2O. The van der Waals surface area contributed by atoms with E-state index in [1.165, 1.54) is 0 Å². The van der Waals surface area contributed by atoms with Gasteiger partial charge in [-0.3, -0.25) is 4.79 Å². The number of amides is 1. The molecule has 0 spiro atoms. The van der Waals surface area contributed by atoms with Crippen molar-refractivity contribution in [3.8, 4) is 0 Å². The third-order valence-corrected chi connectivity index (χ3v) is 3.49. The first-order valence-corrected chi connectivity index (χ1v) is 6.29. The van der Waals surface area contributed by atoms with Crippen LogP contribution in [0.15, 0.2) is 24.3 Å². The van der Waals surface area contributed by atoms with Crippen LogP contribution in [0.4, 0.5) is 5.69 Å². The van der Waals surface area contributed by atoms with Gasteiger partial charge in [0, 0.05) is 17.6 Å². The van der Waals surface area contributed by atoms with Crippen molar-refractivity contribution in [1.82, 2.24) is 0 Å². The maximum atomic E-state index is 12.1. The summed E-state index contributed by atoms with van der Waals surface area (Å²) in [5, 5.41) is 3.01. The minimum Gasteiger partial charge on any atom is -0.328 e. The van der Waals surface area contributed by atoms with E-state index >= 15 is 0 Å². The maximum absolute atomic E-state index is 12.1. The SMILES string of the molecule is Cc1ccccc1NC(=O)C1CCCC(N)C1.Cl. The summed E-state index contributed by atoms with van der Waals surface area (Å²) < 4.78 is 0. The Kier molecular flexibility index (Phi) is 5.63.